The molecular formula is C30H36N2O2. The Bertz CT molecular complexity index is 1110. The van der Waals surface area contributed by atoms with Crippen LogP contribution in [0.2, 0.25) is 0 Å². The van der Waals surface area contributed by atoms with Gasteiger partial charge >= 0.3 is 0 Å². The van der Waals surface area contributed by atoms with Gasteiger partial charge in [-0.15, -0.1) is 0 Å². The molecular weight excluding hydrogens is 420 g/mol. The van der Waals surface area contributed by atoms with Gasteiger partial charge in [0, 0.05) is 19.5 Å². The third-order valence-corrected chi connectivity index (χ3v) is 6.35. The molecule has 0 radical (unpaired) electrons. The van der Waals surface area contributed by atoms with Crippen molar-refractivity contribution in [3.05, 3.63) is 106 Å². The zero-order chi connectivity index (χ0) is 24.5. The van der Waals surface area contributed by atoms with E-state index >= 15 is 0 Å². The van der Waals surface area contributed by atoms with Crippen LogP contribution >= 0.6 is 0 Å². The van der Waals surface area contributed by atoms with Crippen molar-refractivity contribution in [2.45, 2.75) is 59.5 Å². The lowest BCUT2D eigenvalue weighted by Gasteiger charge is -2.32. The maximum Gasteiger partial charge on any atom is 0.243 e. The molecule has 1 N–H and O–H groups in total. The smallest absolute Gasteiger partial charge is 0.243 e. The average molecular weight is 457 g/mol. The summed E-state index contributed by atoms with van der Waals surface area (Å²) in [5.74, 6) is -0.146. The predicted molar refractivity (Wildman–Crippen MR) is 139 cm³/mol. The summed E-state index contributed by atoms with van der Waals surface area (Å²) in [7, 11) is 0. The predicted octanol–water partition coefficient (Wildman–Crippen LogP) is 5.32. The molecule has 0 aromatic heterocycles. The highest BCUT2D eigenvalue weighted by atomic mass is 16.2. The van der Waals surface area contributed by atoms with Crippen molar-refractivity contribution >= 4 is 11.8 Å². The van der Waals surface area contributed by atoms with Crippen LogP contribution in [-0.4, -0.2) is 29.3 Å². The maximum absolute atomic E-state index is 13.8. The van der Waals surface area contributed by atoms with Crippen molar-refractivity contribution in [3.63, 3.8) is 0 Å². The van der Waals surface area contributed by atoms with Crippen LogP contribution in [0.15, 0.2) is 72.8 Å². The Balaban J connectivity index is 1.97. The van der Waals surface area contributed by atoms with Crippen LogP contribution in [0.4, 0.5) is 0 Å². The van der Waals surface area contributed by atoms with E-state index in [0.29, 0.717) is 19.5 Å². The van der Waals surface area contributed by atoms with Crippen molar-refractivity contribution in [2.24, 2.45) is 0 Å². The van der Waals surface area contributed by atoms with Gasteiger partial charge in [-0.3, -0.25) is 9.59 Å². The molecule has 0 spiro atoms. The standard InChI is InChI=1S/C30H36N2O2/c1-5-17-31-30(34)28(19-25-12-7-6-8-13-25)32(21-27-14-10-9-11-23(27)3)29(33)20-26-16-15-22(2)24(4)18-26/h6-16,18,28H,5,17,19-21H2,1-4H3,(H,31,34)/t28-/m0/s1. The Morgan fingerprint density at radius 2 is 1.53 bits per heavy atom. The highest BCUT2D eigenvalue weighted by molar-refractivity contribution is 5.88. The second kappa shape index (κ2) is 12.2. The molecule has 1 atom stereocenters. The van der Waals surface area contributed by atoms with Crippen LogP contribution in [0.5, 0.6) is 0 Å². The van der Waals surface area contributed by atoms with Gasteiger partial charge in [0.2, 0.25) is 11.8 Å². The third kappa shape index (κ3) is 6.80. The van der Waals surface area contributed by atoms with Crippen molar-refractivity contribution in [1.29, 1.82) is 0 Å². The molecule has 4 nitrogen and oxygen atoms in total. The Hall–Kier alpha value is -3.40. The van der Waals surface area contributed by atoms with Crippen molar-refractivity contribution in [2.75, 3.05) is 6.54 Å². The van der Waals surface area contributed by atoms with Gasteiger partial charge in [0.25, 0.3) is 0 Å². The lowest BCUT2D eigenvalue weighted by molar-refractivity contribution is -0.140. The zero-order valence-electron chi connectivity index (χ0n) is 20.8. The first-order valence-corrected chi connectivity index (χ1v) is 12.1. The number of carbonyl (C=O) groups is 2. The number of amides is 2. The van der Waals surface area contributed by atoms with Crippen LogP contribution in [0.25, 0.3) is 0 Å². The number of nitrogens with zero attached hydrogens (tertiary/aromatic N) is 1. The molecule has 0 bridgehead atoms. The summed E-state index contributed by atoms with van der Waals surface area (Å²) in [4.78, 5) is 28.9. The summed E-state index contributed by atoms with van der Waals surface area (Å²) in [6, 6.07) is 23.5. The highest BCUT2D eigenvalue weighted by Crippen LogP contribution is 2.19. The van der Waals surface area contributed by atoms with Crippen molar-refractivity contribution in [3.8, 4) is 0 Å². The number of hydrogen-bond acceptors (Lipinski definition) is 2. The molecule has 178 valence electrons. The Kier molecular flexibility index (Phi) is 9.03. The molecule has 3 aromatic rings. The van der Waals surface area contributed by atoms with E-state index in [9.17, 15) is 9.59 Å². The quantitative estimate of drug-likeness (QED) is 0.449. The van der Waals surface area contributed by atoms with E-state index in [2.05, 4.69) is 31.3 Å². The van der Waals surface area contributed by atoms with Crippen LogP contribution in [0.3, 0.4) is 0 Å². The van der Waals surface area contributed by atoms with Crippen molar-refractivity contribution < 1.29 is 9.59 Å². The summed E-state index contributed by atoms with van der Waals surface area (Å²) in [5, 5.41) is 3.04. The number of carbonyl (C=O) groups excluding carboxylic acids is 2. The fourth-order valence-corrected chi connectivity index (χ4v) is 4.08. The summed E-state index contributed by atoms with van der Waals surface area (Å²) in [5.41, 5.74) is 6.53. The Labute approximate surface area is 204 Å². The fraction of sp³-hybridized carbons (Fsp3) is 0.333. The highest BCUT2D eigenvalue weighted by Gasteiger charge is 2.30. The van der Waals surface area contributed by atoms with E-state index in [1.165, 1.54) is 5.56 Å². The van der Waals surface area contributed by atoms with E-state index < -0.39 is 6.04 Å². The molecule has 0 saturated carbocycles. The Morgan fingerprint density at radius 3 is 2.21 bits per heavy atom. The molecule has 0 saturated heterocycles. The van der Waals surface area contributed by atoms with Gasteiger partial charge < -0.3 is 10.2 Å². The summed E-state index contributed by atoms with van der Waals surface area (Å²) in [6.07, 6.45) is 1.58. The minimum atomic E-state index is -0.590. The van der Waals surface area contributed by atoms with Gasteiger partial charge in [-0.25, -0.2) is 0 Å². The summed E-state index contributed by atoms with van der Waals surface area (Å²) in [6.45, 7) is 9.19. The summed E-state index contributed by atoms with van der Waals surface area (Å²) < 4.78 is 0. The largest absolute Gasteiger partial charge is 0.354 e. The van der Waals surface area contributed by atoms with Gasteiger partial charge in [-0.05, 0) is 60.6 Å². The monoisotopic (exact) mass is 456 g/mol. The molecule has 0 aliphatic carbocycles. The van der Waals surface area contributed by atoms with Crippen LogP contribution in [0, 0.1) is 20.8 Å². The molecule has 3 rings (SSSR count). The first kappa shape index (κ1) is 25.2. The third-order valence-electron chi connectivity index (χ3n) is 6.35. The molecule has 0 unspecified atom stereocenters. The summed E-state index contributed by atoms with van der Waals surface area (Å²) >= 11 is 0. The van der Waals surface area contributed by atoms with E-state index in [1.807, 2.05) is 74.5 Å². The van der Waals surface area contributed by atoms with Crippen LogP contribution in [0.1, 0.15) is 46.7 Å². The van der Waals surface area contributed by atoms with E-state index in [0.717, 1.165) is 34.2 Å². The molecule has 0 aliphatic heterocycles. The number of rotatable bonds is 10. The van der Waals surface area contributed by atoms with E-state index in [1.54, 1.807) is 4.90 Å². The lowest BCUT2D eigenvalue weighted by Crippen LogP contribution is -2.51. The second-order valence-corrected chi connectivity index (χ2v) is 9.04. The number of benzene rings is 3. The molecule has 0 aliphatic rings. The molecule has 0 fully saturated rings. The normalized spacial score (nSPS) is 11.6. The first-order valence-electron chi connectivity index (χ1n) is 12.1. The fourth-order valence-electron chi connectivity index (χ4n) is 4.08. The molecule has 34 heavy (non-hydrogen) atoms. The van der Waals surface area contributed by atoms with E-state index in [4.69, 9.17) is 0 Å². The van der Waals surface area contributed by atoms with Gasteiger partial charge in [0.05, 0.1) is 6.42 Å². The molecule has 3 aromatic carbocycles. The molecule has 4 heteroatoms. The topological polar surface area (TPSA) is 49.4 Å². The Morgan fingerprint density at radius 1 is 0.824 bits per heavy atom. The lowest BCUT2D eigenvalue weighted by atomic mass is 9.99. The van der Waals surface area contributed by atoms with E-state index in [-0.39, 0.29) is 18.2 Å². The second-order valence-electron chi connectivity index (χ2n) is 9.04. The maximum atomic E-state index is 13.8. The van der Waals surface area contributed by atoms with Crippen LogP contribution < -0.4 is 5.32 Å². The molecule has 2 amide bonds. The van der Waals surface area contributed by atoms with Gasteiger partial charge in [-0.1, -0.05) is 79.7 Å². The minimum absolute atomic E-state index is 0.0425. The zero-order valence-corrected chi connectivity index (χ0v) is 20.8. The SMILES string of the molecule is CCCNC(=O)[C@H](Cc1ccccc1)N(Cc1ccccc1C)C(=O)Cc1ccc(C)c(C)c1. The van der Waals surface area contributed by atoms with Crippen LogP contribution in [-0.2, 0) is 29.0 Å². The average Bonchev–Trinajstić information content (AvgIpc) is 2.83. The van der Waals surface area contributed by atoms with Gasteiger partial charge in [0.1, 0.15) is 6.04 Å². The van der Waals surface area contributed by atoms with Crippen molar-refractivity contribution in [1.82, 2.24) is 10.2 Å². The number of aryl methyl sites for hydroxylation is 3. The molecule has 0 heterocycles. The number of hydrogen-bond donors (Lipinski definition) is 1. The first-order chi connectivity index (χ1) is 16.4. The van der Waals surface area contributed by atoms with Gasteiger partial charge in [0.15, 0.2) is 0 Å². The minimum Gasteiger partial charge on any atom is -0.354 e. The van der Waals surface area contributed by atoms with Gasteiger partial charge in [-0.2, -0.15) is 0 Å². The number of nitrogens with one attached hydrogen (secondary N) is 1.